The maximum Gasteiger partial charge on any atom is 0.264 e. The molecule has 0 radical (unpaired) electrons. The van der Waals surface area contributed by atoms with Gasteiger partial charge in [-0.15, -0.1) is 0 Å². The molecule has 0 bridgehead atoms. The number of benzene rings is 3. The molecule has 2 amide bonds. The number of carbonyl (C=O) groups is 2. The smallest absolute Gasteiger partial charge is 0.264 e. The maximum absolute atomic E-state index is 14.1. The van der Waals surface area contributed by atoms with Gasteiger partial charge in [0, 0.05) is 18.1 Å². The van der Waals surface area contributed by atoms with E-state index in [2.05, 4.69) is 5.32 Å². The number of hydrogen-bond donors (Lipinski definition) is 1. The number of nitrogens with one attached hydrogen (secondary N) is 1. The highest BCUT2D eigenvalue weighted by Gasteiger charge is 2.33. The Kier molecular flexibility index (Phi) is 12.4. The third-order valence-electron chi connectivity index (χ3n) is 6.39. The molecule has 0 aromatic heterocycles. The summed E-state index contributed by atoms with van der Waals surface area (Å²) in [6.07, 6.45) is 1.02. The molecule has 42 heavy (non-hydrogen) atoms. The average Bonchev–Trinajstić information content (AvgIpc) is 2.97. The van der Waals surface area contributed by atoms with Crippen molar-refractivity contribution in [2.24, 2.45) is 0 Å². The van der Waals surface area contributed by atoms with Crippen molar-refractivity contribution in [3.8, 4) is 5.75 Å². The largest absolute Gasteiger partial charge is 0.494 e. The van der Waals surface area contributed by atoms with Gasteiger partial charge >= 0.3 is 0 Å². The molecule has 1 N–H and O–H groups in total. The molecule has 0 aliphatic heterocycles. The van der Waals surface area contributed by atoms with Gasteiger partial charge in [0.15, 0.2) is 0 Å². The van der Waals surface area contributed by atoms with Crippen molar-refractivity contribution in [1.82, 2.24) is 10.2 Å². The number of halogens is 3. The van der Waals surface area contributed by atoms with Crippen molar-refractivity contribution in [3.63, 3.8) is 0 Å². The fourth-order valence-electron chi connectivity index (χ4n) is 4.26. The third kappa shape index (κ3) is 8.53. The number of carbonyl (C=O) groups excluding carboxylic acids is 2. The Morgan fingerprint density at radius 2 is 1.57 bits per heavy atom. The van der Waals surface area contributed by atoms with Crippen molar-refractivity contribution in [3.05, 3.63) is 87.4 Å². The molecule has 0 unspecified atom stereocenters. The number of rotatable bonds is 14. The highest BCUT2D eigenvalue weighted by atomic mass is 35.5. The summed E-state index contributed by atoms with van der Waals surface area (Å²) in [5.74, 6) is -0.358. The number of nitrogens with zero attached hydrogens (tertiary/aromatic N) is 2. The summed E-state index contributed by atoms with van der Waals surface area (Å²) in [5.41, 5.74) is 0.882. The number of sulfonamides is 1. The van der Waals surface area contributed by atoms with Gasteiger partial charge in [-0.3, -0.25) is 13.9 Å². The molecule has 8 nitrogen and oxygen atoms in total. The lowest BCUT2D eigenvalue weighted by atomic mass is 10.1. The Hall–Kier alpha value is -2.98. The molecule has 0 aliphatic rings. The number of ether oxygens (including phenoxy) is 1. The van der Waals surface area contributed by atoms with E-state index in [1.54, 1.807) is 49.4 Å². The lowest BCUT2D eigenvalue weighted by molar-refractivity contribution is -0.140. The summed E-state index contributed by atoms with van der Waals surface area (Å²) in [4.78, 5) is 28.6. The second-order valence-corrected chi connectivity index (χ2v) is 12.5. The standard InChI is InChI=1S/C30H34Cl3N3O5S/c1-4-17-34-30(38)28(5-2)35(19-21-7-16-26(32)27(33)18-21)29(37)20-36(23-10-12-24(13-11-23)41-6-3)42(39,40)25-14-8-22(31)9-15-25/h7-16,18,28H,4-6,17,19-20H2,1-3H3,(H,34,38)/t28-/m0/s1. The average molecular weight is 655 g/mol. The van der Waals surface area contributed by atoms with E-state index in [9.17, 15) is 18.0 Å². The lowest BCUT2D eigenvalue weighted by Crippen LogP contribution is -2.52. The van der Waals surface area contributed by atoms with Crippen LogP contribution in [0.2, 0.25) is 15.1 Å². The molecule has 226 valence electrons. The van der Waals surface area contributed by atoms with E-state index in [1.165, 1.54) is 29.2 Å². The second-order valence-electron chi connectivity index (χ2n) is 9.38. The van der Waals surface area contributed by atoms with Gasteiger partial charge in [0.1, 0.15) is 18.3 Å². The van der Waals surface area contributed by atoms with Crippen molar-refractivity contribution >= 4 is 62.3 Å². The van der Waals surface area contributed by atoms with E-state index in [4.69, 9.17) is 39.5 Å². The SMILES string of the molecule is CCCNC(=O)[C@H](CC)N(Cc1ccc(Cl)c(Cl)c1)C(=O)CN(c1ccc(OCC)cc1)S(=O)(=O)c1ccc(Cl)cc1. The van der Waals surface area contributed by atoms with Crippen LogP contribution in [0.4, 0.5) is 5.69 Å². The molecular formula is C30H34Cl3N3O5S. The first-order valence-corrected chi connectivity index (χ1v) is 16.1. The third-order valence-corrected chi connectivity index (χ3v) is 9.17. The van der Waals surface area contributed by atoms with Crippen LogP contribution in [0.5, 0.6) is 5.75 Å². The van der Waals surface area contributed by atoms with Gasteiger partial charge in [0.25, 0.3) is 10.0 Å². The quantitative estimate of drug-likeness (QED) is 0.212. The van der Waals surface area contributed by atoms with E-state index < -0.39 is 28.5 Å². The molecule has 3 aromatic carbocycles. The Balaban J connectivity index is 2.06. The van der Waals surface area contributed by atoms with Crippen molar-refractivity contribution in [2.45, 2.75) is 51.1 Å². The van der Waals surface area contributed by atoms with Gasteiger partial charge in [0.2, 0.25) is 11.8 Å². The summed E-state index contributed by atoms with van der Waals surface area (Å²) < 4.78 is 34.4. The summed E-state index contributed by atoms with van der Waals surface area (Å²) in [7, 11) is -4.23. The van der Waals surface area contributed by atoms with E-state index in [1.807, 2.05) is 13.8 Å². The second kappa shape index (κ2) is 15.5. The summed E-state index contributed by atoms with van der Waals surface area (Å²) >= 11 is 18.3. The first kappa shape index (κ1) is 33.5. The van der Waals surface area contributed by atoms with Gasteiger partial charge in [-0.2, -0.15) is 0 Å². The van der Waals surface area contributed by atoms with Crippen LogP contribution in [0, 0.1) is 0 Å². The predicted octanol–water partition coefficient (Wildman–Crippen LogP) is 6.57. The summed E-state index contributed by atoms with van der Waals surface area (Å²) in [6.45, 7) is 5.87. The maximum atomic E-state index is 14.1. The van der Waals surface area contributed by atoms with Crippen LogP contribution in [0.15, 0.2) is 71.6 Å². The number of hydrogen-bond acceptors (Lipinski definition) is 5. The van der Waals surface area contributed by atoms with Crippen LogP contribution in [0.25, 0.3) is 0 Å². The minimum Gasteiger partial charge on any atom is -0.494 e. The van der Waals surface area contributed by atoms with Crippen LogP contribution in [0.1, 0.15) is 39.2 Å². The van der Waals surface area contributed by atoms with Crippen LogP contribution < -0.4 is 14.4 Å². The molecule has 12 heteroatoms. The lowest BCUT2D eigenvalue weighted by Gasteiger charge is -2.33. The molecule has 0 aliphatic carbocycles. The van der Waals surface area contributed by atoms with Gasteiger partial charge in [0.05, 0.1) is 27.2 Å². The molecule has 1 atom stereocenters. The van der Waals surface area contributed by atoms with E-state index in [0.29, 0.717) is 52.4 Å². The van der Waals surface area contributed by atoms with E-state index >= 15 is 0 Å². The van der Waals surface area contributed by atoms with Gasteiger partial charge in [-0.25, -0.2) is 8.42 Å². The summed E-state index contributed by atoms with van der Waals surface area (Å²) in [5, 5.41) is 3.87. The van der Waals surface area contributed by atoms with E-state index in [0.717, 1.165) is 4.31 Å². The first-order chi connectivity index (χ1) is 20.0. The molecule has 0 heterocycles. The highest BCUT2D eigenvalue weighted by Crippen LogP contribution is 2.28. The monoisotopic (exact) mass is 653 g/mol. The topological polar surface area (TPSA) is 96.0 Å². The Labute approximate surface area is 262 Å². The molecule has 0 saturated carbocycles. The zero-order chi connectivity index (χ0) is 30.9. The normalized spacial score (nSPS) is 12.0. The van der Waals surface area contributed by atoms with E-state index in [-0.39, 0.29) is 23.0 Å². The van der Waals surface area contributed by atoms with Gasteiger partial charge in [-0.1, -0.05) is 54.7 Å². The Morgan fingerprint density at radius 3 is 2.14 bits per heavy atom. The first-order valence-electron chi connectivity index (χ1n) is 13.5. The predicted molar refractivity (Wildman–Crippen MR) is 168 cm³/mol. The van der Waals surface area contributed by atoms with Gasteiger partial charge in [-0.05, 0) is 86.0 Å². The zero-order valence-electron chi connectivity index (χ0n) is 23.6. The van der Waals surface area contributed by atoms with Crippen LogP contribution in [0.3, 0.4) is 0 Å². The highest BCUT2D eigenvalue weighted by molar-refractivity contribution is 7.92. The van der Waals surface area contributed by atoms with Crippen molar-refractivity contribution in [2.75, 3.05) is 24.0 Å². The molecule has 3 aromatic rings. The van der Waals surface area contributed by atoms with Gasteiger partial charge < -0.3 is 15.0 Å². The Morgan fingerprint density at radius 1 is 0.905 bits per heavy atom. The Bertz CT molecular complexity index is 1470. The minimum atomic E-state index is -4.23. The van der Waals surface area contributed by atoms with Crippen molar-refractivity contribution < 1.29 is 22.7 Å². The molecular weight excluding hydrogens is 621 g/mol. The molecule has 0 spiro atoms. The van der Waals surface area contributed by atoms with Crippen LogP contribution in [-0.2, 0) is 26.2 Å². The fourth-order valence-corrected chi connectivity index (χ4v) is 6.12. The number of anilines is 1. The molecule has 0 saturated heterocycles. The summed E-state index contributed by atoms with van der Waals surface area (Å²) in [6, 6.07) is 16.2. The molecule has 0 fully saturated rings. The minimum absolute atomic E-state index is 0.00584. The zero-order valence-corrected chi connectivity index (χ0v) is 26.7. The van der Waals surface area contributed by atoms with Crippen LogP contribution in [-0.4, -0.2) is 50.9 Å². The molecule has 3 rings (SSSR count). The number of amides is 2. The van der Waals surface area contributed by atoms with Crippen molar-refractivity contribution in [1.29, 1.82) is 0 Å². The van der Waals surface area contributed by atoms with Crippen LogP contribution >= 0.6 is 34.8 Å². The fraction of sp³-hybridized carbons (Fsp3) is 0.333.